The average molecular weight is 1510 g/mol. The Kier molecular flexibility index (Phi) is 74.1. The van der Waals surface area contributed by atoms with Crippen molar-refractivity contribution in [3.05, 3.63) is 0 Å². The molecule has 0 aliphatic heterocycles. The van der Waals surface area contributed by atoms with Gasteiger partial charge in [-0.3, -0.25) is 37.3 Å². The van der Waals surface area contributed by atoms with Crippen LogP contribution in [0.2, 0.25) is 0 Å². The number of aliphatic hydroxyl groups is 1. The van der Waals surface area contributed by atoms with Crippen LogP contribution in [-0.4, -0.2) is 96.7 Å². The summed E-state index contributed by atoms with van der Waals surface area (Å²) in [5.41, 5.74) is 0. The Hall–Kier alpha value is -1.94. The zero-order chi connectivity index (χ0) is 75.6. The van der Waals surface area contributed by atoms with Gasteiger partial charge in [0.25, 0.3) is 0 Å². The summed E-state index contributed by atoms with van der Waals surface area (Å²) in [6, 6.07) is 0. The molecule has 0 saturated carbocycles. The first-order valence-electron chi connectivity index (χ1n) is 43.5. The van der Waals surface area contributed by atoms with Crippen molar-refractivity contribution >= 4 is 39.5 Å². The summed E-state index contributed by atoms with van der Waals surface area (Å²) in [5, 5.41) is 10.7. The first-order valence-corrected chi connectivity index (χ1v) is 46.5. The van der Waals surface area contributed by atoms with Gasteiger partial charge < -0.3 is 33.8 Å². The van der Waals surface area contributed by atoms with E-state index in [9.17, 15) is 43.2 Å². The maximum atomic E-state index is 13.1. The Bertz CT molecular complexity index is 1980. The molecule has 0 aromatic carbocycles. The van der Waals surface area contributed by atoms with Gasteiger partial charge in [-0.15, -0.1) is 0 Å². The quantitative estimate of drug-likeness (QED) is 0.0222. The summed E-state index contributed by atoms with van der Waals surface area (Å²) in [4.78, 5) is 73.1. The topological polar surface area (TPSA) is 237 Å². The second-order valence-electron chi connectivity index (χ2n) is 31.2. The number of rotatable bonds is 83. The standard InChI is InChI=1S/C84H164O17P2/c1-7-9-11-13-15-17-19-20-31-38-44-50-56-62-68-83(88)100-79(72-94-81(86)66-60-54-48-42-34-18-16-14-12-10-8-2)74-98-102(90,91)96-70-78(85)71-97-103(92,93)99-75-80(73-95-82(87)67-61-55-49-43-37-32-28-27-30-36-41-47-53-59-65-77(5)6)101-84(89)69-63-57-51-45-39-33-26-24-22-21-23-25-29-35-40-46-52-58-64-76(3)4/h76-80,85H,7-75H2,1-6H3,(H,90,91)(H,92,93)/t78-,79+,80+/m0/s1. The van der Waals surface area contributed by atoms with Gasteiger partial charge in [0.05, 0.1) is 26.4 Å². The third-order valence-electron chi connectivity index (χ3n) is 19.7. The van der Waals surface area contributed by atoms with Crippen LogP contribution in [0, 0.1) is 11.8 Å². The minimum atomic E-state index is -4.96. The molecule has 0 spiro atoms. The number of aliphatic hydroxyl groups excluding tert-OH is 1. The van der Waals surface area contributed by atoms with E-state index in [1.165, 1.54) is 263 Å². The van der Waals surface area contributed by atoms with Crippen LogP contribution < -0.4 is 0 Å². The summed E-state index contributed by atoms with van der Waals surface area (Å²) in [7, 11) is -9.92. The number of phosphoric acid groups is 2. The SMILES string of the molecule is CCCCCCCCCCCCCCCCC(=O)O[C@H](COC(=O)CCCCCCCCCCCCC)COP(=O)(O)OC[C@H](O)COP(=O)(O)OC[C@@H](COC(=O)CCCCCCCCCCCCCCCCC(C)C)OC(=O)CCCCCCCCCCCCCCCCCCCCC(C)C. The molecule has 19 heteroatoms. The monoisotopic (exact) mass is 1510 g/mol. The van der Waals surface area contributed by atoms with Crippen LogP contribution >= 0.6 is 15.6 Å². The van der Waals surface area contributed by atoms with Crippen LogP contribution in [0.15, 0.2) is 0 Å². The molecule has 0 aliphatic rings. The minimum absolute atomic E-state index is 0.108. The van der Waals surface area contributed by atoms with Gasteiger partial charge in [0, 0.05) is 25.7 Å². The van der Waals surface area contributed by atoms with Crippen molar-refractivity contribution in [3.8, 4) is 0 Å². The predicted octanol–water partition coefficient (Wildman–Crippen LogP) is 25.5. The molecule has 0 aliphatic carbocycles. The second kappa shape index (κ2) is 75.5. The molecule has 17 nitrogen and oxygen atoms in total. The van der Waals surface area contributed by atoms with Crippen molar-refractivity contribution in [2.24, 2.45) is 11.8 Å². The van der Waals surface area contributed by atoms with E-state index in [4.69, 9.17) is 37.0 Å². The predicted molar refractivity (Wildman–Crippen MR) is 423 cm³/mol. The van der Waals surface area contributed by atoms with Gasteiger partial charge in [-0.05, 0) is 37.5 Å². The van der Waals surface area contributed by atoms with Gasteiger partial charge in [-0.2, -0.15) is 0 Å². The lowest BCUT2D eigenvalue weighted by Gasteiger charge is -2.21. The minimum Gasteiger partial charge on any atom is -0.462 e. The fourth-order valence-corrected chi connectivity index (χ4v) is 14.6. The highest BCUT2D eigenvalue weighted by molar-refractivity contribution is 7.47. The van der Waals surface area contributed by atoms with Gasteiger partial charge in [0.15, 0.2) is 12.2 Å². The number of ether oxygens (including phenoxy) is 4. The smallest absolute Gasteiger partial charge is 0.462 e. The van der Waals surface area contributed by atoms with E-state index < -0.39 is 97.5 Å². The Morgan fingerprint density at radius 2 is 0.447 bits per heavy atom. The molecule has 0 heterocycles. The van der Waals surface area contributed by atoms with Crippen molar-refractivity contribution in [3.63, 3.8) is 0 Å². The lowest BCUT2D eigenvalue weighted by Crippen LogP contribution is -2.30. The number of carbonyl (C=O) groups excluding carboxylic acids is 4. The summed E-state index contributed by atoms with van der Waals surface area (Å²) in [6.45, 7) is 9.72. The van der Waals surface area contributed by atoms with Gasteiger partial charge in [0.2, 0.25) is 0 Å². The molecule has 3 N–H and O–H groups in total. The van der Waals surface area contributed by atoms with Crippen LogP contribution in [0.5, 0.6) is 0 Å². The second-order valence-corrected chi connectivity index (χ2v) is 34.1. The van der Waals surface area contributed by atoms with Crippen LogP contribution in [0.3, 0.4) is 0 Å². The molecule has 5 atom stereocenters. The third kappa shape index (κ3) is 78.0. The van der Waals surface area contributed by atoms with Crippen LogP contribution in [-0.2, 0) is 65.4 Å². The normalized spacial score (nSPS) is 13.9. The lowest BCUT2D eigenvalue weighted by molar-refractivity contribution is -0.161. The molecule has 0 aromatic rings. The largest absolute Gasteiger partial charge is 0.472 e. The van der Waals surface area contributed by atoms with Gasteiger partial charge >= 0.3 is 39.5 Å². The van der Waals surface area contributed by atoms with E-state index >= 15 is 0 Å². The Morgan fingerprint density at radius 3 is 0.660 bits per heavy atom. The third-order valence-corrected chi connectivity index (χ3v) is 21.6. The molecule has 2 unspecified atom stereocenters. The van der Waals surface area contributed by atoms with E-state index in [1.807, 2.05) is 0 Å². The van der Waals surface area contributed by atoms with Crippen LogP contribution in [0.25, 0.3) is 0 Å². The molecule has 0 amide bonds. The maximum absolute atomic E-state index is 13.1. The van der Waals surface area contributed by atoms with E-state index in [-0.39, 0.29) is 25.7 Å². The molecular formula is C84H164O17P2. The maximum Gasteiger partial charge on any atom is 0.472 e. The van der Waals surface area contributed by atoms with Crippen molar-refractivity contribution in [1.29, 1.82) is 0 Å². The number of carbonyl (C=O) groups is 4. The van der Waals surface area contributed by atoms with Gasteiger partial charge in [0.1, 0.15) is 19.3 Å². The van der Waals surface area contributed by atoms with Gasteiger partial charge in [-0.25, -0.2) is 9.13 Å². The molecule has 612 valence electrons. The number of unbranched alkanes of at least 4 members (excludes halogenated alkanes) is 53. The summed E-state index contributed by atoms with van der Waals surface area (Å²) < 4.78 is 68.8. The summed E-state index contributed by atoms with van der Waals surface area (Å²) >= 11 is 0. The summed E-state index contributed by atoms with van der Waals surface area (Å²) in [5.74, 6) is -0.483. The number of hydrogen-bond donors (Lipinski definition) is 3. The zero-order valence-corrected chi connectivity index (χ0v) is 69.4. The number of phosphoric ester groups is 2. The Labute approximate surface area is 632 Å². The number of esters is 4. The molecule has 103 heavy (non-hydrogen) atoms. The van der Waals surface area contributed by atoms with Crippen LogP contribution in [0.1, 0.15) is 446 Å². The van der Waals surface area contributed by atoms with Crippen molar-refractivity contribution in [2.75, 3.05) is 39.6 Å². The van der Waals surface area contributed by atoms with Crippen molar-refractivity contribution in [2.45, 2.75) is 464 Å². The van der Waals surface area contributed by atoms with E-state index in [2.05, 4.69) is 41.5 Å². The molecule has 0 aromatic heterocycles. The Morgan fingerprint density at radius 1 is 0.262 bits per heavy atom. The van der Waals surface area contributed by atoms with Crippen LogP contribution in [0.4, 0.5) is 0 Å². The highest BCUT2D eigenvalue weighted by Crippen LogP contribution is 2.45. The van der Waals surface area contributed by atoms with Crippen molar-refractivity contribution in [1.82, 2.24) is 0 Å². The van der Waals surface area contributed by atoms with Crippen molar-refractivity contribution < 1.29 is 80.2 Å². The van der Waals surface area contributed by atoms with E-state index in [1.54, 1.807) is 0 Å². The van der Waals surface area contributed by atoms with Gasteiger partial charge in [-0.1, -0.05) is 395 Å². The molecule has 0 saturated heterocycles. The fourth-order valence-electron chi connectivity index (χ4n) is 13.1. The molecule has 0 radical (unpaired) electrons. The highest BCUT2D eigenvalue weighted by Gasteiger charge is 2.30. The molecule has 0 fully saturated rings. The van der Waals surface area contributed by atoms with E-state index in [0.29, 0.717) is 25.7 Å². The first kappa shape index (κ1) is 101. The first-order chi connectivity index (χ1) is 49.9. The highest BCUT2D eigenvalue weighted by atomic mass is 31.2. The molecular weight excluding hydrogens is 1340 g/mol. The lowest BCUT2D eigenvalue weighted by atomic mass is 10.0. The molecule has 0 rings (SSSR count). The fraction of sp³-hybridized carbons (Fsp3) is 0.952. The summed E-state index contributed by atoms with van der Waals surface area (Å²) in [6.07, 6.45) is 66.5. The zero-order valence-electron chi connectivity index (χ0n) is 67.6. The Balaban J connectivity index is 5.23. The molecule has 0 bridgehead atoms. The average Bonchev–Trinajstić information content (AvgIpc) is 0.911. The van der Waals surface area contributed by atoms with E-state index in [0.717, 1.165) is 102 Å². The number of hydrogen-bond acceptors (Lipinski definition) is 15.